The number of hydrogen-bond acceptors (Lipinski definition) is 4. The first-order valence-corrected chi connectivity index (χ1v) is 7.34. The second-order valence-corrected chi connectivity index (χ2v) is 4.91. The number of nitrogens with zero attached hydrogens (tertiary/aromatic N) is 1. The van der Waals surface area contributed by atoms with Gasteiger partial charge in [0.15, 0.2) is 0 Å². The molecule has 0 aromatic heterocycles. The van der Waals surface area contributed by atoms with Crippen molar-refractivity contribution >= 4 is 5.91 Å². The Morgan fingerprint density at radius 1 is 1.41 bits per heavy atom. The lowest BCUT2D eigenvalue weighted by Gasteiger charge is -2.14. The van der Waals surface area contributed by atoms with Gasteiger partial charge in [-0.1, -0.05) is 31.2 Å². The first-order valence-electron chi connectivity index (χ1n) is 7.34. The smallest absolute Gasteiger partial charge is 0.263 e. The van der Waals surface area contributed by atoms with Crippen molar-refractivity contribution in [3.8, 4) is 6.07 Å². The van der Waals surface area contributed by atoms with Crippen molar-refractivity contribution in [2.75, 3.05) is 20.3 Å². The minimum atomic E-state index is -0.389. The summed E-state index contributed by atoms with van der Waals surface area (Å²) in [6.07, 6.45) is 2.40. The first-order chi connectivity index (χ1) is 10.6. The summed E-state index contributed by atoms with van der Waals surface area (Å²) < 4.78 is 4.88. The molecule has 0 radical (unpaired) electrons. The van der Waals surface area contributed by atoms with Crippen molar-refractivity contribution < 1.29 is 9.53 Å². The Labute approximate surface area is 132 Å². The lowest BCUT2D eigenvalue weighted by atomic mass is 10.0. The van der Waals surface area contributed by atoms with Gasteiger partial charge in [0.2, 0.25) is 0 Å². The van der Waals surface area contributed by atoms with Crippen LogP contribution in [-0.4, -0.2) is 26.2 Å². The van der Waals surface area contributed by atoms with Gasteiger partial charge < -0.3 is 15.4 Å². The fourth-order valence-corrected chi connectivity index (χ4v) is 1.88. The lowest BCUT2D eigenvalue weighted by molar-refractivity contribution is -0.117. The summed E-state index contributed by atoms with van der Waals surface area (Å²) in [4.78, 5) is 12.1. The van der Waals surface area contributed by atoms with E-state index in [1.807, 2.05) is 37.3 Å². The molecule has 118 valence electrons. The molecule has 22 heavy (non-hydrogen) atoms. The zero-order valence-electron chi connectivity index (χ0n) is 13.3. The Morgan fingerprint density at radius 2 is 2.09 bits per heavy atom. The molecule has 0 heterocycles. The van der Waals surface area contributed by atoms with Crippen molar-refractivity contribution in [3.63, 3.8) is 0 Å². The number of methoxy groups -OCH3 is 1. The Morgan fingerprint density at radius 3 is 2.64 bits per heavy atom. The minimum absolute atomic E-state index is 0.0492. The number of benzene rings is 1. The Hall–Kier alpha value is -2.32. The van der Waals surface area contributed by atoms with Gasteiger partial charge in [0.25, 0.3) is 5.91 Å². The van der Waals surface area contributed by atoms with Crippen LogP contribution in [0.15, 0.2) is 36.0 Å². The molecule has 1 unspecified atom stereocenters. The molecule has 0 spiro atoms. The zero-order valence-corrected chi connectivity index (χ0v) is 13.3. The maximum absolute atomic E-state index is 12.1. The monoisotopic (exact) mass is 301 g/mol. The Balaban J connectivity index is 2.62. The van der Waals surface area contributed by atoms with Gasteiger partial charge in [-0.3, -0.25) is 4.79 Å². The molecule has 0 fully saturated rings. The molecule has 0 aliphatic rings. The van der Waals surface area contributed by atoms with E-state index < -0.39 is 0 Å². The number of aryl methyl sites for hydroxylation is 1. The van der Waals surface area contributed by atoms with Crippen LogP contribution in [0.3, 0.4) is 0 Å². The van der Waals surface area contributed by atoms with Gasteiger partial charge in [0, 0.05) is 19.9 Å². The number of rotatable bonds is 8. The van der Waals surface area contributed by atoms with E-state index in [-0.39, 0.29) is 17.5 Å². The van der Waals surface area contributed by atoms with Crippen molar-refractivity contribution in [2.24, 2.45) is 0 Å². The van der Waals surface area contributed by atoms with E-state index in [4.69, 9.17) is 10.00 Å². The largest absolute Gasteiger partial charge is 0.387 e. The number of amides is 1. The number of ether oxygens (including phenoxy) is 1. The van der Waals surface area contributed by atoms with Crippen molar-refractivity contribution in [3.05, 3.63) is 47.2 Å². The number of carbonyl (C=O) groups excluding carboxylic acids is 1. The second kappa shape index (κ2) is 9.59. The molecule has 1 rings (SSSR count). The van der Waals surface area contributed by atoms with E-state index in [9.17, 15) is 4.79 Å². The van der Waals surface area contributed by atoms with E-state index in [1.165, 1.54) is 11.8 Å². The summed E-state index contributed by atoms with van der Waals surface area (Å²) in [7, 11) is 1.59. The molecular formula is C17H23N3O2. The topological polar surface area (TPSA) is 74.2 Å². The van der Waals surface area contributed by atoms with Crippen LogP contribution in [0.1, 0.15) is 31.0 Å². The highest BCUT2D eigenvalue weighted by Crippen LogP contribution is 2.14. The molecule has 1 amide bonds. The third-order valence-electron chi connectivity index (χ3n) is 3.30. The number of nitrogens with one attached hydrogen (secondary N) is 2. The molecule has 0 saturated heterocycles. The summed E-state index contributed by atoms with van der Waals surface area (Å²) in [6.45, 7) is 5.05. The highest BCUT2D eigenvalue weighted by molar-refractivity contribution is 5.97. The summed E-state index contributed by atoms with van der Waals surface area (Å²) in [5.41, 5.74) is 2.31. The molecule has 1 atom stereocenters. The van der Waals surface area contributed by atoms with E-state index >= 15 is 0 Å². The highest BCUT2D eigenvalue weighted by atomic mass is 16.5. The Bertz CT molecular complexity index is 544. The van der Waals surface area contributed by atoms with Crippen LogP contribution in [0.2, 0.25) is 0 Å². The molecule has 0 saturated carbocycles. The van der Waals surface area contributed by atoms with E-state index in [0.29, 0.717) is 13.2 Å². The molecule has 5 heteroatoms. The van der Waals surface area contributed by atoms with Gasteiger partial charge in [0.05, 0.1) is 12.6 Å². The van der Waals surface area contributed by atoms with Crippen LogP contribution in [0.25, 0.3) is 0 Å². The molecule has 0 bridgehead atoms. The van der Waals surface area contributed by atoms with Gasteiger partial charge in [0.1, 0.15) is 11.6 Å². The molecule has 0 aliphatic heterocycles. The maximum atomic E-state index is 12.1. The standard InChI is InChI=1S/C17H23N3O2/c1-4-14-5-7-15(8-6-14)13(2)20-17(21)16(11-18)12-19-9-10-22-3/h5-8,12-13,19H,4,9-10H2,1-3H3,(H,20,21)/b16-12-. The molecule has 1 aromatic carbocycles. The molecule has 5 nitrogen and oxygen atoms in total. The average Bonchev–Trinajstić information content (AvgIpc) is 2.54. The van der Waals surface area contributed by atoms with Crippen molar-refractivity contribution in [2.45, 2.75) is 26.3 Å². The summed E-state index contributed by atoms with van der Waals surface area (Å²) in [5, 5.41) is 14.8. The predicted octanol–water partition coefficient (Wildman–Crippen LogP) is 2.07. The van der Waals surface area contributed by atoms with Crippen LogP contribution in [0.5, 0.6) is 0 Å². The molecule has 0 aliphatic carbocycles. The predicted molar refractivity (Wildman–Crippen MR) is 86.0 cm³/mol. The minimum Gasteiger partial charge on any atom is -0.387 e. The fourth-order valence-electron chi connectivity index (χ4n) is 1.88. The Kier molecular flexibility index (Phi) is 7.73. The highest BCUT2D eigenvalue weighted by Gasteiger charge is 2.13. The van der Waals surface area contributed by atoms with Gasteiger partial charge in [-0.25, -0.2) is 0 Å². The van der Waals surface area contributed by atoms with Crippen LogP contribution in [-0.2, 0) is 16.0 Å². The first kappa shape index (κ1) is 17.7. The maximum Gasteiger partial charge on any atom is 0.263 e. The second-order valence-electron chi connectivity index (χ2n) is 4.91. The molecular weight excluding hydrogens is 278 g/mol. The number of hydrogen-bond donors (Lipinski definition) is 2. The molecule has 1 aromatic rings. The molecule has 2 N–H and O–H groups in total. The summed E-state index contributed by atoms with van der Waals surface area (Å²) >= 11 is 0. The van der Waals surface area contributed by atoms with Crippen molar-refractivity contribution in [1.82, 2.24) is 10.6 Å². The van der Waals surface area contributed by atoms with Crippen LogP contribution < -0.4 is 10.6 Å². The van der Waals surface area contributed by atoms with Crippen molar-refractivity contribution in [1.29, 1.82) is 5.26 Å². The van der Waals surface area contributed by atoms with Gasteiger partial charge >= 0.3 is 0 Å². The third kappa shape index (κ3) is 5.58. The third-order valence-corrected chi connectivity index (χ3v) is 3.30. The number of carbonyl (C=O) groups is 1. The normalized spacial score (nSPS) is 12.4. The van der Waals surface area contributed by atoms with Gasteiger partial charge in [-0.05, 0) is 24.5 Å². The number of nitriles is 1. The zero-order chi connectivity index (χ0) is 16.4. The fraction of sp³-hybridized carbons (Fsp3) is 0.412. The van der Waals surface area contributed by atoms with Crippen LogP contribution in [0, 0.1) is 11.3 Å². The van der Waals surface area contributed by atoms with E-state index in [0.717, 1.165) is 12.0 Å². The summed E-state index contributed by atoms with van der Waals surface area (Å²) in [5.74, 6) is -0.389. The van der Waals surface area contributed by atoms with Gasteiger partial charge in [-0.2, -0.15) is 5.26 Å². The van der Waals surface area contributed by atoms with Crippen LogP contribution >= 0.6 is 0 Å². The van der Waals surface area contributed by atoms with Crippen LogP contribution in [0.4, 0.5) is 0 Å². The van der Waals surface area contributed by atoms with E-state index in [2.05, 4.69) is 17.6 Å². The van der Waals surface area contributed by atoms with Gasteiger partial charge in [-0.15, -0.1) is 0 Å². The lowest BCUT2D eigenvalue weighted by Crippen LogP contribution is -2.28. The SMILES string of the molecule is CCc1ccc(C(C)NC(=O)/C(C#N)=C\NCCOC)cc1. The average molecular weight is 301 g/mol. The summed E-state index contributed by atoms with van der Waals surface area (Å²) in [6, 6.07) is 9.83. The van der Waals surface area contributed by atoms with E-state index in [1.54, 1.807) is 7.11 Å². The quantitative estimate of drug-likeness (QED) is 0.438.